The van der Waals surface area contributed by atoms with Crippen molar-refractivity contribution in [2.75, 3.05) is 20.3 Å². The standard InChI is InChI=1S/C33H37N3O4.C30H33N3O2.C6H12O/c1-8-39-28(38)20-40-25-17-18-26(27(37)19-25)31-35-29(21-9-13-23(14-10-21)32(2,3)4)34-30(36-31)22-11-15-24(16-12-22)33(5,6)7;1-29(2,3)21-12-8-19(9-13-21)26-31-27(20-10-14-22(15-11-20)30(4,5)6)33-28(32-26)24-17-16-23(35-7)18-25(24)34;1-3-4-5-6(2)7/h9-19,37H,8,20H2,1-7H3;8-18,34H,1-7H3;3-5H2,1-2H3. The second kappa shape index (κ2) is 27.0. The molecule has 0 aliphatic rings. The maximum Gasteiger partial charge on any atom is 0.344 e. The molecular formula is C69H82N6O7. The molecule has 2 aromatic heterocycles. The molecule has 13 nitrogen and oxygen atoms in total. The molecule has 6 aromatic carbocycles. The summed E-state index contributed by atoms with van der Waals surface area (Å²) in [6, 6.07) is 42.9. The molecule has 82 heavy (non-hydrogen) atoms. The molecule has 430 valence electrons. The van der Waals surface area contributed by atoms with Crippen molar-refractivity contribution in [1.29, 1.82) is 0 Å². The maximum atomic E-state index is 11.6. The fraction of sp³-hybridized carbons (Fsp3) is 0.362. The van der Waals surface area contributed by atoms with Gasteiger partial charge in [0.25, 0.3) is 0 Å². The van der Waals surface area contributed by atoms with Gasteiger partial charge in [0.15, 0.2) is 41.6 Å². The molecule has 0 amide bonds. The smallest absolute Gasteiger partial charge is 0.344 e. The fourth-order valence-corrected chi connectivity index (χ4v) is 8.37. The Morgan fingerprint density at radius 1 is 0.439 bits per heavy atom. The van der Waals surface area contributed by atoms with Crippen LogP contribution in [0.25, 0.3) is 68.3 Å². The van der Waals surface area contributed by atoms with Crippen molar-refractivity contribution in [3.05, 3.63) is 156 Å². The molecule has 0 saturated carbocycles. The number of aromatic nitrogens is 6. The highest BCUT2D eigenvalue weighted by molar-refractivity contribution is 5.75. The summed E-state index contributed by atoms with van der Waals surface area (Å²) in [7, 11) is 1.57. The first-order valence-electron chi connectivity index (χ1n) is 28.0. The van der Waals surface area contributed by atoms with E-state index in [9.17, 15) is 19.8 Å². The zero-order valence-electron chi connectivity index (χ0n) is 50.9. The minimum absolute atomic E-state index is 0.0195. The van der Waals surface area contributed by atoms with Crippen LogP contribution >= 0.6 is 0 Å². The van der Waals surface area contributed by atoms with Crippen molar-refractivity contribution in [3.63, 3.8) is 0 Å². The van der Waals surface area contributed by atoms with Gasteiger partial charge in [-0.05, 0) is 88.4 Å². The van der Waals surface area contributed by atoms with E-state index in [1.165, 1.54) is 28.3 Å². The van der Waals surface area contributed by atoms with Gasteiger partial charge < -0.3 is 29.2 Å². The van der Waals surface area contributed by atoms with Gasteiger partial charge >= 0.3 is 5.97 Å². The van der Waals surface area contributed by atoms with Crippen molar-refractivity contribution in [1.82, 2.24) is 29.9 Å². The molecule has 0 radical (unpaired) electrons. The number of ether oxygens (including phenoxy) is 3. The van der Waals surface area contributed by atoms with Gasteiger partial charge in [0.05, 0.1) is 24.8 Å². The number of esters is 1. The van der Waals surface area contributed by atoms with E-state index >= 15 is 0 Å². The zero-order valence-corrected chi connectivity index (χ0v) is 50.9. The highest BCUT2D eigenvalue weighted by Crippen LogP contribution is 2.36. The first-order chi connectivity index (χ1) is 38.6. The molecule has 13 heteroatoms. The number of carbonyl (C=O) groups is 2. The van der Waals surface area contributed by atoms with Gasteiger partial charge in [0, 0.05) is 40.8 Å². The molecule has 0 aliphatic heterocycles. The summed E-state index contributed by atoms with van der Waals surface area (Å²) >= 11 is 0. The Balaban J connectivity index is 0.000000238. The number of rotatable bonds is 14. The van der Waals surface area contributed by atoms with Crippen molar-refractivity contribution >= 4 is 11.8 Å². The van der Waals surface area contributed by atoms with Crippen LogP contribution in [0.4, 0.5) is 0 Å². The number of phenols is 2. The first kappa shape index (κ1) is 62.9. The van der Waals surface area contributed by atoms with Gasteiger partial charge in [0.2, 0.25) is 0 Å². The maximum absolute atomic E-state index is 11.6. The number of Topliss-reactive ketones (excluding diaryl/α,β-unsaturated/α-hetero) is 1. The Kier molecular flexibility index (Phi) is 20.7. The third-order valence-corrected chi connectivity index (χ3v) is 13.5. The summed E-state index contributed by atoms with van der Waals surface area (Å²) in [6.07, 6.45) is 2.94. The van der Waals surface area contributed by atoms with Crippen LogP contribution in [0, 0.1) is 0 Å². The molecule has 8 rings (SSSR count). The number of aromatic hydroxyl groups is 2. The lowest BCUT2D eigenvalue weighted by Gasteiger charge is -2.19. The minimum Gasteiger partial charge on any atom is -0.507 e. The van der Waals surface area contributed by atoms with Crippen LogP contribution in [-0.2, 0) is 36.0 Å². The Bertz CT molecular complexity index is 3270. The molecule has 0 atom stereocenters. The summed E-state index contributed by atoms with van der Waals surface area (Å²) in [5, 5.41) is 21.6. The number of phenolic OH excluding ortho intramolecular Hbond substituents is 2. The Morgan fingerprint density at radius 3 is 1.00 bits per heavy atom. The van der Waals surface area contributed by atoms with Gasteiger partial charge in [-0.25, -0.2) is 34.7 Å². The predicted molar refractivity (Wildman–Crippen MR) is 329 cm³/mol. The molecular weight excluding hydrogens is 1020 g/mol. The predicted octanol–water partition coefficient (Wildman–Crippen LogP) is 16.1. The molecule has 0 saturated heterocycles. The fourth-order valence-electron chi connectivity index (χ4n) is 8.37. The summed E-state index contributed by atoms with van der Waals surface area (Å²) in [5.74, 6) is 3.56. The SMILES string of the molecule is CCCCC(C)=O.CCOC(=O)COc1ccc(-c2nc(-c3ccc(C(C)(C)C)cc3)nc(-c3ccc(C(C)(C)C)cc3)n2)c(O)c1.COc1ccc(-c2nc(-c3ccc(C(C)(C)C)cc3)nc(-c3ccc(C(C)(C)C)cc3)n2)c(O)c1. The second-order valence-corrected chi connectivity index (χ2v) is 24.4. The molecule has 0 fully saturated rings. The number of hydrogen-bond acceptors (Lipinski definition) is 13. The van der Waals surface area contributed by atoms with Crippen LogP contribution < -0.4 is 9.47 Å². The van der Waals surface area contributed by atoms with Crippen LogP contribution in [0.3, 0.4) is 0 Å². The Morgan fingerprint density at radius 2 is 0.744 bits per heavy atom. The number of hydrogen-bond donors (Lipinski definition) is 2. The number of methoxy groups -OCH3 is 1. The number of carbonyl (C=O) groups excluding carboxylic acids is 2. The number of unbranched alkanes of at least 4 members (excludes halogenated alkanes) is 1. The second-order valence-electron chi connectivity index (χ2n) is 24.4. The van der Waals surface area contributed by atoms with Gasteiger partial charge in [-0.3, -0.25) is 0 Å². The molecule has 2 heterocycles. The van der Waals surface area contributed by atoms with Crippen molar-refractivity contribution in [2.24, 2.45) is 0 Å². The van der Waals surface area contributed by atoms with Crippen LogP contribution in [-0.4, -0.2) is 72.2 Å². The van der Waals surface area contributed by atoms with E-state index in [2.05, 4.69) is 139 Å². The third kappa shape index (κ3) is 17.3. The minimum atomic E-state index is -0.479. The summed E-state index contributed by atoms with van der Waals surface area (Å²) in [4.78, 5) is 50.4. The van der Waals surface area contributed by atoms with E-state index in [1.807, 2.05) is 48.5 Å². The lowest BCUT2D eigenvalue weighted by Crippen LogP contribution is -2.14. The summed E-state index contributed by atoms with van der Waals surface area (Å²) in [6.45, 7) is 31.6. The van der Waals surface area contributed by atoms with Gasteiger partial charge in [-0.15, -0.1) is 0 Å². The van der Waals surface area contributed by atoms with Crippen molar-refractivity contribution in [2.45, 2.75) is 145 Å². The summed E-state index contributed by atoms with van der Waals surface area (Å²) in [5.41, 5.74) is 9.45. The average molecular weight is 1110 g/mol. The molecule has 0 aliphatic carbocycles. The first-order valence-corrected chi connectivity index (χ1v) is 28.0. The lowest BCUT2D eigenvalue weighted by atomic mass is 9.86. The highest BCUT2D eigenvalue weighted by Gasteiger charge is 2.22. The molecule has 0 unspecified atom stereocenters. The third-order valence-electron chi connectivity index (χ3n) is 13.5. The lowest BCUT2D eigenvalue weighted by molar-refractivity contribution is -0.145. The van der Waals surface area contributed by atoms with Crippen molar-refractivity contribution in [3.8, 4) is 91.3 Å². The zero-order chi connectivity index (χ0) is 60.2. The van der Waals surface area contributed by atoms with E-state index in [0.29, 0.717) is 63.4 Å². The normalized spacial score (nSPS) is 11.6. The average Bonchev–Trinajstić information content (AvgIpc) is 3.55. The highest BCUT2D eigenvalue weighted by atomic mass is 16.6. The molecule has 0 spiro atoms. The van der Waals surface area contributed by atoms with E-state index in [4.69, 9.17) is 44.1 Å². The van der Waals surface area contributed by atoms with E-state index in [0.717, 1.165) is 41.5 Å². The Hall–Kier alpha value is -8.32. The van der Waals surface area contributed by atoms with Gasteiger partial charge in [0.1, 0.15) is 28.8 Å². The number of benzene rings is 6. The number of nitrogens with zero attached hydrogens (tertiary/aromatic N) is 6. The largest absolute Gasteiger partial charge is 0.507 e. The van der Waals surface area contributed by atoms with E-state index < -0.39 is 5.97 Å². The van der Waals surface area contributed by atoms with E-state index in [-0.39, 0.29) is 46.4 Å². The van der Waals surface area contributed by atoms with E-state index in [1.54, 1.807) is 51.3 Å². The van der Waals surface area contributed by atoms with Crippen LogP contribution in [0.5, 0.6) is 23.0 Å². The quantitative estimate of drug-likeness (QED) is 0.0983. The Labute approximate surface area is 485 Å². The van der Waals surface area contributed by atoms with Crippen LogP contribution in [0.1, 0.15) is 145 Å². The van der Waals surface area contributed by atoms with Crippen LogP contribution in [0.2, 0.25) is 0 Å². The number of ketones is 1. The van der Waals surface area contributed by atoms with Gasteiger partial charge in [-0.2, -0.15) is 0 Å². The summed E-state index contributed by atoms with van der Waals surface area (Å²) < 4.78 is 15.6. The van der Waals surface area contributed by atoms with Crippen molar-refractivity contribution < 1.29 is 34.0 Å². The molecule has 8 aromatic rings. The molecule has 2 N–H and O–H groups in total. The monoisotopic (exact) mass is 1110 g/mol. The molecule has 0 bridgehead atoms. The van der Waals surface area contributed by atoms with Crippen LogP contribution in [0.15, 0.2) is 133 Å². The van der Waals surface area contributed by atoms with Gasteiger partial charge in [-0.1, -0.05) is 193 Å². The topological polar surface area (TPSA) is 180 Å².